The molecule has 3 N–H and O–H groups in total. The number of thiophene rings is 1. The van der Waals surface area contributed by atoms with Gasteiger partial charge in [0.1, 0.15) is 0 Å². The first-order chi connectivity index (χ1) is 7.36. The van der Waals surface area contributed by atoms with Gasteiger partial charge in [0.05, 0.1) is 0 Å². The van der Waals surface area contributed by atoms with Crippen LogP contribution in [0.3, 0.4) is 0 Å². The second kappa shape index (κ2) is 7.82. The Morgan fingerprint density at radius 3 is 3.00 bits per heavy atom. The van der Waals surface area contributed by atoms with E-state index < -0.39 is 0 Å². The highest BCUT2D eigenvalue weighted by Gasteiger charge is 2.07. The molecule has 0 aliphatic carbocycles. The third kappa shape index (κ3) is 5.28. The van der Waals surface area contributed by atoms with Crippen LogP contribution >= 0.6 is 11.3 Å². The van der Waals surface area contributed by atoms with Crippen LogP contribution in [-0.4, -0.2) is 19.3 Å². The Hall–Kier alpha value is -0.420. The number of hydrazine groups is 1. The standard InChI is InChI=1S/C11H20N2OS/c1-2-5-14-6-3-11(13-12)8-10-4-7-15-9-10/h4,7,9,11,13H,2-3,5-6,8,12H2,1H3. The van der Waals surface area contributed by atoms with Crippen molar-refractivity contribution in [3.8, 4) is 0 Å². The van der Waals surface area contributed by atoms with Crippen molar-refractivity contribution >= 4 is 11.3 Å². The van der Waals surface area contributed by atoms with E-state index >= 15 is 0 Å². The second-order valence-electron chi connectivity index (χ2n) is 3.60. The lowest BCUT2D eigenvalue weighted by atomic mass is 10.1. The monoisotopic (exact) mass is 228 g/mol. The molecular formula is C11H20N2OS. The third-order valence-electron chi connectivity index (χ3n) is 2.26. The molecule has 0 amide bonds. The molecular weight excluding hydrogens is 208 g/mol. The summed E-state index contributed by atoms with van der Waals surface area (Å²) in [5.74, 6) is 5.50. The fourth-order valence-corrected chi connectivity index (χ4v) is 2.09. The molecule has 1 heterocycles. The van der Waals surface area contributed by atoms with Crippen molar-refractivity contribution in [2.24, 2.45) is 5.84 Å². The summed E-state index contributed by atoms with van der Waals surface area (Å²) in [4.78, 5) is 0. The molecule has 0 spiro atoms. The molecule has 0 fully saturated rings. The summed E-state index contributed by atoms with van der Waals surface area (Å²) >= 11 is 1.72. The van der Waals surface area contributed by atoms with Gasteiger partial charge in [0.25, 0.3) is 0 Å². The van der Waals surface area contributed by atoms with Crippen LogP contribution in [0.25, 0.3) is 0 Å². The normalized spacial score (nSPS) is 12.9. The smallest absolute Gasteiger partial charge is 0.0481 e. The van der Waals surface area contributed by atoms with Crippen molar-refractivity contribution in [3.05, 3.63) is 22.4 Å². The predicted molar refractivity (Wildman–Crippen MR) is 64.9 cm³/mol. The summed E-state index contributed by atoms with van der Waals surface area (Å²) in [7, 11) is 0. The summed E-state index contributed by atoms with van der Waals surface area (Å²) < 4.78 is 5.44. The maximum Gasteiger partial charge on any atom is 0.0481 e. The minimum absolute atomic E-state index is 0.316. The molecule has 4 heteroatoms. The van der Waals surface area contributed by atoms with Crippen molar-refractivity contribution in [1.29, 1.82) is 0 Å². The Morgan fingerprint density at radius 1 is 1.53 bits per heavy atom. The lowest BCUT2D eigenvalue weighted by Gasteiger charge is -2.14. The first-order valence-electron chi connectivity index (χ1n) is 5.41. The van der Waals surface area contributed by atoms with E-state index in [0.717, 1.165) is 32.5 Å². The fraction of sp³-hybridized carbons (Fsp3) is 0.636. The summed E-state index contributed by atoms with van der Waals surface area (Å²) in [6, 6.07) is 2.46. The highest BCUT2D eigenvalue weighted by molar-refractivity contribution is 7.07. The van der Waals surface area contributed by atoms with Gasteiger partial charge in [-0.1, -0.05) is 6.92 Å². The molecule has 0 aromatic carbocycles. The molecule has 0 radical (unpaired) electrons. The van der Waals surface area contributed by atoms with Crippen LogP contribution in [0, 0.1) is 0 Å². The summed E-state index contributed by atoms with van der Waals surface area (Å²) in [6.07, 6.45) is 3.02. The maximum atomic E-state index is 5.50. The van der Waals surface area contributed by atoms with Crippen LogP contribution in [-0.2, 0) is 11.2 Å². The fourth-order valence-electron chi connectivity index (χ4n) is 1.41. The van der Waals surface area contributed by atoms with Crippen LogP contribution in [0.5, 0.6) is 0 Å². The van der Waals surface area contributed by atoms with Gasteiger partial charge in [0.15, 0.2) is 0 Å². The summed E-state index contributed by atoms with van der Waals surface area (Å²) in [5.41, 5.74) is 4.19. The average molecular weight is 228 g/mol. The van der Waals surface area contributed by atoms with Crippen molar-refractivity contribution in [2.45, 2.75) is 32.2 Å². The van der Waals surface area contributed by atoms with E-state index in [1.165, 1.54) is 5.56 Å². The van der Waals surface area contributed by atoms with Crippen LogP contribution in [0.4, 0.5) is 0 Å². The molecule has 3 nitrogen and oxygen atoms in total. The molecule has 86 valence electrons. The molecule has 1 unspecified atom stereocenters. The van der Waals surface area contributed by atoms with Gasteiger partial charge in [-0.05, 0) is 41.7 Å². The van der Waals surface area contributed by atoms with E-state index in [2.05, 4.69) is 29.2 Å². The number of hydrogen-bond donors (Lipinski definition) is 2. The average Bonchev–Trinajstić information content (AvgIpc) is 2.75. The van der Waals surface area contributed by atoms with Gasteiger partial charge in [-0.3, -0.25) is 11.3 Å². The Balaban J connectivity index is 2.18. The number of nitrogens with one attached hydrogen (secondary N) is 1. The van der Waals surface area contributed by atoms with E-state index in [0.29, 0.717) is 6.04 Å². The van der Waals surface area contributed by atoms with Crippen LogP contribution < -0.4 is 11.3 Å². The van der Waals surface area contributed by atoms with E-state index in [9.17, 15) is 0 Å². The van der Waals surface area contributed by atoms with E-state index in [1.54, 1.807) is 11.3 Å². The molecule has 1 aromatic heterocycles. The molecule has 0 saturated carbocycles. The molecule has 1 aromatic rings. The lowest BCUT2D eigenvalue weighted by Crippen LogP contribution is -2.37. The molecule has 0 aliphatic rings. The number of rotatable bonds is 8. The van der Waals surface area contributed by atoms with Gasteiger partial charge in [0.2, 0.25) is 0 Å². The molecule has 0 aliphatic heterocycles. The number of ether oxygens (including phenoxy) is 1. The van der Waals surface area contributed by atoms with Gasteiger partial charge in [-0.15, -0.1) is 0 Å². The van der Waals surface area contributed by atoms with Gasteiger partial charge in [0, 0.05) is 19.3 Å². The van der Waals surface area contributed by atoms with Crippen LogP contribution in [0.15, 0.2) is 16.8 Å². The van der Waals surface area contributed by atoms with Crippen molar-refractivity contribution in [2.75, 3.05) is 13.2 Å². The van der Waals surface area contributed by atoms with Crippen molar-refractivity contribution in [3.63, 3.8) is 0 Å². The SMILES string of the molecule is CCCOCCC(Cc1ccsc1)NN. The van der Waals surface area contributed by atoms with E-state index in [1.807, 2.05) is 0 Å². The predicted octanol–water partition coefficient (Wildman–Crippen LogP) is 1.94. The minimum atomic E-state index is 0.316. The van der Waals surface area contributed by atoms with E-state index in [-0.39, 0.29) is 0 Å². The largest absolute Gasteiger partial charge is 0.381 e. The zero-order valence-corrected chi connectivity index (χ0v) is 10.1. The molecule has 15 heavy (non-hydrogen) atoms. The lowest BCUT2D eigenvalue weighted by molar-refractivity contribution is 0.124. The molecule has 1 rings (SSSR count). The maximum absolute atomic E-state index is 5.50. The number of nitrogens with two attached hydrogens (primary N) is 1. The third-order valence-corrected chi connectivity index (χ3v) is 2.99. The van der Waals surface area contributed by atoms with Gasteiger partial charge < -0.3 is 4.74 Å². The first kappa shape index (κ1) is 12.6. The van der Waals surface area contributed by atoms with Gasteiger partial charge in [-0.2, -0.15) is 11.3 Å². The van der Waals surface area contributed by atoms with Gasteiger partial charge in [-0.25, -0.2) is 0 Å². The quantitative estimate of drug-likeness (QED) is 0.406. The van der Waals surface area contributed by atoms with Crippen molar-refractivity contribution < 1.29 is 4.74 Å². The zero-order valence-electron chi connectivity index (χ0n) is 9.24. The van der Waals surface area contributed by atoms with Crippen LogP contribution in [0.2, 0.25) is 0 Å². The highest BCUT2D eigenvalue weighted by Crippen LogP contribution is 2.10. The Morgan fingerprint density at radius 2 is 2.40 bits per heavy atom. The zero-order chi connectivity index (χ0) is 10.9. The highest BCUT2D eigenvalue weighted by atomic mass is 32.1. The first-order valence-corrected chi connectivity index (χ1v) is 6.36. The van der Waals surface area contributed by atoms with Gasteiger partial charge >= 0.3 is 0 Å². The summed E-state index contributed by atoms with van der Waals surface area (Å²) in [5, 5.41) is 4.26. The van der Waals surface area contributed by atoms with Crippen molar-refractivity contribution in [1.82, 2.24) is 5.43 Å². The second-order valence-corrected chi connectivity index (χ2v) is 4.38. The Kier molecular flexibility index (Phi) is 6.59. The van der Waals surface area contributed by atoms with E-state index in [4.69, 9.17) is 10.6 Å². The molecule has 0 bridgehead atoms. The summed E-state index contributed by atoms with van der Waals surface area (Å²) in [6.45, 7) is 3.74. The minimum Gasteiger partial charge on any atom is -0.381 e. The Bertz CT molecular complexity index is 239. The van der Waals surface area contributed by atoms with Crippen LogP contribution in [0.1, 0.15) is 25.3 Å². The Labute approximate surface area is 95.6 Å². The molecule has 1 atom stereocenters. The molecule has 0 saturated heterocycles. The topological polar surface area (TPSA) is 47.3 Å². The number of hydrogen-bond acceptors (Lipinski definition) is 4.